The second-order valence-electron chi connectivity index (χ2n) is 7.47. The maximum absolute atomic E-state index is 12.7. The van der Waals surface area contributed by atoms with Crippen LogP contribution in [0.2, 0.25) is 0 Å². The van der Waals surface area contributed by atoms with Crippen molar-refractivity contribution in [3.05, 3.63) is 47.3 Å². The van der Waals surface area contributed by atoms with E-state index in [4.69, 9.17) is 0 Å². The van der Waals surface area contributed by atoms with Gasteiger partial charge in [0, 0.05) is 31.9 Å². The van der Waals surface area contributed by atoms with Gasteiger partial charge >= 0.3 is 0 Å². The zero-order valence-corrected chi connectivity index (χ0v) is 16.1. The summed E-state index contributed by atoms with van der Waals surface area (Å²) in [5, 5.41) is 15.6. The van der Waals surface area contributed by atoms with Crippen LogP contribution in [0.3, 0.4) is 0 Å². The summed E-state index contributed by atoms with van der Waals surface area (Å²) < 4.78 is 1.74. The highest BCUT2D eigenvalue weighted by atomic mass is 16.2. The van der Waals surface area contributed by atoms with E-state index in [1.165, 1.54) is 0 Å². The molecule has 3 aromatic rings. The average Bonchev–Trinajstić information content (AvgIpc) is 3.29. The standard InChI is InChI=1S/C20H21N7O2/c1-13-22-23-17-4-5-18(24-27(13)17)25-6-8-26(9-7-25)20(29)11-14-2-3-15-12-19(28)21-16(15)10-14/h2-5,10H,6-9,11-12H2,1H3,(H,21,28). The van der Waals surface area contributed by atoms with Crippen LogP contribution >= 0.6 is 0 Å². The van der Waals surface area contributed by atoms with E-state index in [-0.39, 0.29) is 11.8 Å². The molecule has 1 aromatic carbocycles. The van der Waals surface area contributed by atoms with Crippen LogP contribution in [-0.4, -0.2) is 62.7 Å². The molecule has 0 saturated carbocycles. The van der Waals surface area contributed by atoms with Gasteiger partial charge in [-0.15, -0.1) is 15.3 Å². The minimum atomic E-state index is 0.00747. The summed E-state index contributed by atoms with van der Waals surface area (Å²) in [6.07, 6.45) is 0.757. The Hall–Kier alpha value is -3.49. The van der Waals surface area contributed by atoms with Crippen molar-refractivity contribution in [3.8, 4) is 0 Å². The lowest BCUT2D eigenvalue weighted by Gasteiger charge is -2.35. The average molecular weight is 391 g/mol. The van der Waals surface area contributed by atoms with Crippen LogP contribution in [0.25, 0.3) is 5.65 Å². The number of benzene rings is 1. The molecule has 1 fully saturated rings. The highest BCUT2D eigenvalue weighted by Gasteiger charge is 2.23. The van der Waals surface area contributed by atoms with E-state index in [1.807, 2.05) is 42.2 Å². The number of nitrogens with zero attached hydrogens (tertiary/aromatic N) is 6. The Labute approximate surface area is 167 Å². The Morgan fingerprint density at radius 1 is 1.10 bits per heavy atom. The van der Waals surface area contributed by atoms with E-state index in [1.54, 1.807) is 4.52 Å². The van der Waals surface area contributed by atoms with E-state index in [9.17, 15) is 9.59 Å². The molecule has 29 heavy (non-hydrogen) atoms. The zero-order chi connectivity index (χ0) is 20.0. The molecule has 0 bridgehead atoms. The van der Waals surface area contributed by atoms with Gasteiger partial charge in [-0.25, -0.2) is 0 Å². The van der Waals surface area contributed by atoms with E-state index in [2.05, 4.69) is 25.5 Å². The minimum absolute atomic E-state index is 0.00747. The molecule has 0 aliphatic carbocycles. The molecule has 2 aliphatic rings. The maximum Gasteiger partial charge on any atom is 0.228 e. The SMILES string of the molecule is Cc1nnc2ccc(N3CCN(C(=O)Cc4ccc5c(c4)NC(=O)C5)CC3)nn12. The lowest BCUT2D eigenvalue weighted by atomic mass is 10.1. The van der Waals surface area contributed by atoms with Crippen molar-refractivity contribution in [3.63, 3.8) is 0 Å². The van der Waals surface area contributed by atoms with Crippen LogP contribution in [0, 0.1) is 6.92 Å². The fraction of sp³-hybridized carbons (Fsp3) is 0.350. The normalized spacial score (nSPS) is 16.2. The third-order valence-corrected chi connectivity index (χ3v) is 5.52. The van der Waals surface area contributed by atoms with Gasteiger partial charge in [-0.2, -0.15) is 4.52 Å². The summed E-state index contributed by atoms with van der Waals surface area (Å²) in [5.41, 5.74) is 3.47. The van der Waals surface area contributed by atoms with Gasteiger partial charge in [0.15, 0.2) is 11.5 Å². The molecular weight excluding hydrogens is 370 g/mol. The molecule has 0 atom stereocenters. The number of anilines is 2. The van der Waals surface area contributed by atoms with Crippen LogP contribution in [-0.2, 0) is 22.4 Å². The molecule has 0 spiro atoms. The Kier molecular flexibility index (Phi) is 4.15. The Bertz CT molecular complexity index is 1120. The molecule has 2 amide bonds. The van der Waals surface area contributed by atoms with Crippen molar-refractivity contribution in [2.75, 3.05) is 36.4 Å². The summed E-state index contributed by atoms with van der Waals surface area (Å²) in [7, 11) is 0. The predicted octanol–water partition coefficient (Wildman–Crippen LogP) is 0.819. The fourth-order valence-electron chi connectivity index (χ4n) is 3.90. The van der Waals surface area contributed by atoms with Crippen molar-refractivity contribution in [1.29, 1.82) is 0 Å². The van der Waals surface area contributed by atoms with Crippen LogP contribution < -0.4 is 10.2 Å². The first-order valence-electron chi connectivity index (χ1n) is 9.70. The number of hydrogen-bond donors (Lipinski definition) is 1. The number of aryl methyl sites for hydroxylation is 1. The number of carbonyl (C=O) groups is 2. The summed E-state index contributed by atoms with van der Waals surface area (Å²) in [4.78, 5) is 28.3. The highest BCUT2D eigenvalue weighted by molar-refractivity contribution is 5.99. The molecule has 1 N–H and O–H groups in total. The molecule has 4 heterocycles. The molecule has 1 saturated heterocycles. The largest absolute Gasteiger partial charge is 0.352 e. The maximum atomic E-state index is 12.7. The number of aromatic nitrogens is 4. The number of carbonyl (C=O) groups excluding carboxylic acids is 2. The summed E-state index contributed by atoms with van der Waals surface area (Å²) in [6, 6.07) is 9.64. The Morgan fingerprint density at radius 2 is 1.93 bits per heavy atom. The first kappa shape index (κ1) is 17.6. The van der Waals surface area contributed by atoms with Gasteiger partial charge in [-0.05, 0) is 36.2 Å². The van der Waals surface area contributed by atoms with E-state index in [0.717, 1.165) is 47.2 Å². The van der Waals surface area contributed by atoms with E-state index >= 15 is 0 Å². The quantitative estimate of drug-likeness (QED) is 0.710. The van der Waals surface area contributed by atoms with Crippen LogP contribution in [0.15, 0.2) is 30.3 Å². The second-order valence-corrected chi connectivity index (χ2v) is 7.47. The van der Waals surface area contributed by atoms with Gasteiger partial charge in [-0.1, -0.05) is 12.1 Å². The van der Waals surface area contributed by atoms with Crippen molar-refractivity contribution >= 4 is 29.0 Å². The molecule has 2 aromatic heterocycles. The molecule has 9 nitrogen and oxygen atoms in total. The van der Waals surface area contributed by atoms with E-state index < -0.39 is 0 Å². The number of nitrogens with one attached hydrogen (secondary N) is 1. The van der Waals surface area contributed by atoms with Crippen LogP contribution in [0.4, 0.5) is 11.5 Å². The minimum Gasteiger partial charge on any atom is -0.352 e. The number of rotatable bonds is 3. The number of fused-ring (bicyclic) bond motifs is 2. The lowest BCUT2D eigenvalue weighted by molar-refractivity contribution is -0.130. The van der Waals surface area contributed by atoms with Gasteiger partial charge in [0.2, 0.25) is 11.8 Å². The van der Waals surface area contributed by atoms with Gasteiger partial charge in [-0.3, -0.25) is 9.59 Å². The van der Waals surface area contributed by atoms with E-state index in [0.29, 0.717) is 25.9 Å². The van der Waals surface area contributed by atoms with Crippen LogP contribution in [0.5, 0.6) is 0 Å². The molecular formula is C20H21N7O2. The van der Waals surface area contributed by atoms with Crippen molar-refractivity contribution in [2.45, 2.75) is 19.8 Å². The topological polar surface area (TPSA) is 95.7 Å². The van der Waals surface area contributed by atoms with Gasteiger partial charge in [0.25, 0.3) is 0 Å². The molecule has 5 rings (SSSR count). The van der Waals surface area contributed by atoms with Crippen molar-refractivity contribution in [1.82, 2.24) is 24.7 Å². The monoisotopic (exact) mass is 391 g/mol. The van der Waals surface area contributed by atoms with Gasteiger partial charge < -0.3 is 15.1 Å². The number of piperazine rings is 1. The van der Waals surface area contributed by atoms with Crippen molar-refractivity contribution in [2.24, 2.45) is 0 Å². The molecule has 148 valence electrons. The Morgan fingerprint density at radius 3 is 2.76 bits per heavy atom. The molecule has 0 unspecified atom stereocenters. The lowest BCUT2D eigenvalue weighted by Crippen LogP contribution is -2.49. The molecule has 2 aliphatic heterocycles. The molecule has 9 heteroatoms. The van der Waals surface area contributed by atoms with Gasteiger partial charge in [0.05, 0.1) is 12.8 Å². The molecule has 0 radical (unpaired) electrons. The van der Waals surface area contributed by atoms with Crippen molar-refractivity contribution < 1.29 is 9.59 Å². The third kappa shape index (κ3) is 3.28. The Balaban J connectivity index is 1.22. The number of hydrogen-bond acceptors (Lipinski definition) is 6. The second kappa shape index (κ2) is 6.84. The highest BCUT2D eigenvalue weighted by Crippen LogP contribution is 2.24. The summed E-state index contributed by atoms with van der Waals surface area (Å²) in [6.45, 7) is 4.64. The summed E-state index contributed by atoms with van der Waals surface area (Å²) >= 11 is 0. The smallest absolute Gasteiger partial charge is 0.228 e. The van der Waals surface area contributed by atoms with Crippen LogP contribution in [0.1, 0.15) is 17.0 Å². The zero-order valence-electron chi connectivity index (χ0n) is 16.1. The third-order valence-electron chi connectivity index (χ3n) is 5.52. The fourth-order valence-corrected chi connectivity index (χ4v) is 3.90. The first-order chi connectivity index (χ1) is 14.1. The summed E-state index contributed by atoms with van der Waals surface area (Å²) in [5.74, 6) is 1.73. The number of amides is 2. The van der Waals surface area contributed by atoms with Gasteiger partial charge in [0.1, 0.15) is 5.82 Å². The predicted molar refractivity (Wildman–Crippen MR) is 107 cm³/mol. The first-order valence-corrected chi connectivity index (χ1v) is 9.70.